The summed E-state index contributed by atoms with van der Waals surface area (Å²) in [6.07, 6.45) is 0.364. The molecule has 0 radical (unpaired) electrons. The van der Waals surface area contributed by atoms with Crippen LogP contribution in [0.2, 0.25) is 0 Å². The van der Waals surface area contributed by atoms with Gasteiger partial charge in [-0.15, -0.1) is 0 Å². The highest BCUT2D eigenvalue weighted by molar-refractivity contribution is 5.99. The second-order valence-corrected chi connectivity index (χ2v) is 4.54. The van der Waals surface area contributed by atoms with E-state index in [-0.39, 0.29) is 24.7 Å². The van der Waals surface area contributed by atoms with Gasteiger partial charge >= 0.3 is 0 Å². The van der Waals surface area contributed by atoms with Crippen LogP contribution >= 0.6 is 0 Å². The Labute approximate surface area is 114 Å². The average molecular weight is 283 g/mol. The Morgan fingerprint density at radius 3 is 2.85 bits per heavy atom. The zero-order valence-electron chi connectivity index (χ0n) is 11.0. The smallest absolute Gasteiger partial charge is 0.260 e. The topological polar surface area (TPSA) is 75.4 Å². The fraction of sp³-hybridized carbons (Fsp3) is 0.385. The summed E-state index contributed by atoms with van der Waals surface area (Å²) in [5.74, 6) is -3.25. The first-order valence-electron chi connectivity index (χ1n) is 6.29. The summed E-state index contributed by atoms with van der Waals surface area (Å²) in [4.78, 5) is 25.2. The number of halogens is 2. The molecule has 2 amide bonds. The molecule has 2 rings (SSSR count). The van der Waals surface area contributed by atoms with Crippen LogP contribution in [0.1, 0.15) is 23.7 Å². The number of anilines is 1. The van der Waals surface area contributed by atoms with E-state index in [2.05, 4.69) is 5.32 Å². The van der Waals surface area contributed by atoms with Gasteiger partial charge in [0, 0.05) is 13.1 Å². The molecule has 20 heavy (non-hydrogen) atoms. The third kappa shape index (κ3) is 2.31. The molecular formula is C13H15F2N3O2. The minimum Gasteiger partial charge on any atom is -0.396 e. The number of hydrogen-bond acceptors (Lipinski definition) is 3. The van der Waals surface area contributed by atoms with Gasteiger partial charge in [0.2, 0.25) is 5.91 Å². The van der Waals surface area contributed by atoms with Gasteiger partial charge in [-0.1, -0.05) is 6.92 Å². The molecule has 7 heteroatoms. The third-order valence-corrected chi connectivity index (χ3v) is 3.31. The number of nitrogens with zero attached hydrogens (tertiary/aromatic N) is 1. The number of nitrogens with one attached hydrogen (secondary N) is 1. The molecule has 5 nitrogen and oxygen atoms in total. The molecule has 1 atom stereocenters. The highest BCUT2D eigenvalue weighted by Crippen LogP contribution is 2.22. The maximum absolute atomic E-state index is 13.9. The van der Waals surface area contributed by atoms with E-state index in [1.54, 1.807) is 6.92 Å². The van der Waals surface area contributed by atoms with Gasteiger partial charge in [-0.05, 0) is 18.6 Å². The number of carbonyl (C=O) groups is 2. The second-order valence-electron chi connectivity index (χ2n) is 4.54. The summed E-state index contributed by atoms with van der Waals surface area (Å²) >= 11 is 0. The highest BCUT2D eigenvalue weighted by Gasteiger charge is 2.34. The summed E-state index contributed by atoms with van der Waals surface area (Å²) in [7, 11) is 0. The fourth-order valence-corrected chi connectivity index (χ4v) is 2.27. The molecule has 1 saturated heterocycles. The van der Waals surface area contributed by atoms with Crippen LogP contribution in [0.15, 0.2) is 12.1 Å². The average Bonchev–Trinajstić information content (AvgIpc) is 2.43. The van der Waals surface area contributed by atoms with Gasteiger partial charge in [0.25, 0.3) is 5.91 Å². The van der Waals surface area contributed by atoms with E-state index in [4.69, 9.17) is 5.73 Å². The number of piperazine rings is 1. The molecule has 3 N–H and O–H groups in total. The minimum atomic E-state index is -1.09. The van der Waals surface area contributed by atoms with Crippen molar-refractivity contribution in [2.24, 2.45) is 0 Å². The van der Waals surface area contributed by atoms with Gasteiger partial charge < -0.3 is 16.0 Å². The number of benzene rings is 1. The Bertz CT molecular complexity index is 563. The van der Waals surface area contributed by atoms with Crippen LogP contribution < -0.4 is 11.1 Å². The van der Waals surface area contributed by atoms with Crippen LogP contribution in [-0.4, -0.2) is 35.8 Å². The first-order valence-corrected chi connectivity index (χ1v) is 6.29. The molecular weight excluding hydrogens is 268 g/mol. The Balaban J connectivity index is 2.40. The normalized spacial score (nSPS) is 18.9. The van der Waals surface area contributed by atoms with Crippen molar-refractivity contribution in [2.75, 3.05) is 18.8 Å². The third-order valence-electron chi connectivity index (χ3n) is 3.31. The van der Waals surface area contributed by atoms with E-state index >= 15 is 0 Å². The van der Waals surface area contributed by atoms with Crippen molar-refractivity contribution in [3.63, 3.8) is 0 Å². The molecule has 1 aromatic carbocycles. The maximum atomic E-state index is 13.9. The molecule has 1 heterocycles. The number of carbonyl (C=O) groups excluding carboxylic acids is 2. The van der Waals surface area contributed by atoms with E-state index in [1.807, 2.05) is 0 Å². The number of nitrogens with two attached hydrogens (primary N) is 1. The Morgan fingerprint density at radius 1 is 1.50 bits per heavy atom. The Kier molecular flexibility index (Phi) is 3.87. The number of nitrogen functional groups attached to an aromatic ring is 1. The molecule has 1 aliphatic heterocycles. The Hall–Kier alpha value is -2.18. The van der Waals surface area contributed by atoms with Gasteiger partial charge in [-0.2, -0.15) is 0 Å². The van der Waals surface area contributed by atoms with E-state index in [0.29, 0.717) is 6.42 Å². The van der Waals surface area contributed by atoms with Gasteiger partial charge in [-0.25, -0.2) is 8.78 Å². The number of amides is 2. The van der Waals surface area contributed by atoms with Crippen molar-refractivity contribution in [3.8, 4) is 0 Å². The van der Waals surface area contributed by atoms with Crippen LogP contribution in [0.25, 0.3) is 0 Å². The van der Waals surface area contributed by atoms with Crippen molar-refractivity contribution in [3.05, 3.63) is 29.3 Å². The van der Waals surface area contributed by atoms with Crippen LogP contribution in [0.4, 0.5) is 14.5 Å². The number of hydrogen-bond donors (Lipinski definition) is 2. The molecule has 1 aliphatic rings. The van der Waals surface area contributed by atoms with Crippen LogP contribution in [0.5, 0.6) is 0 Å². The lowest BCUT2D eigenvalue weighted by Gasteiger charge is -2.34. The van der Waals surface area contributed by atoms with Crippen LogP contribution in [-0.2, 0) is 4.79 Å². The van der Waals surface area contributed by atoms with Crippen molar-refractivity contribution in [2.45, 2.75) is 19.4 Å². The summed E-state index contributed by atoms with van der Waals surface area (Å²) in [6.45, 7) is 2.19. The minimum absolute atomic E-state index is 0.205. The molecule has 0 saturated carbocycles. The zero-order valence-corrected chi connectivity index (χ0v) is 11.0. The van der Waals surface area contributed by atoms with Gasteiger partial charge in [-0.3, -0.25) is 9.59 Å². The van der Waals surface area contributed by atoms with E-state index in [9.17, 15) is 18.4 Å². The van der Waals surface area contributed by atoms with Gasteiger partial charge in [0.05, 0.1) is 5.69 Å². The fourth-order valence-electron chi connectivity index (χ4n) is 2.27. The lowest BCUT2D eigenvalue weighted by atomic mass is 10.1. The van der Waals surface area contributed by atoms with E-state index < -0.39 is 29.1 Å². The largest absolute Gasteiger partial charge is 0.396 e. The molecule has 0 bridgehead atoms. The summed E-state index contributed by atoms with van der Waals surface area (Å²) in [6, 6.07) is 1.27. The van der Waals surface area contributed by atoms with Crippen molar-refractivity contribution >= 4 is 17.5 Å². The van der Waals surface area contributed by atoms with Crippen molar-refractivity contribution in [1.29, 1.82) is 0 Å². The van der Waals surface area contributed by atoms with Crippen molar-refractivity contribution in [1.82, 2.24) is 10.2 Å². The van der Waals surface area contributed by atoms with E-state index in [0.717, 1.165) is 12.1 Å². The second kappa shape index (κ2) is 5.44. The number of rotatable bonds is 2. The Morgan fingerprint density at radius 2 is 2.20 bits per heavy atom. The first-order chi connectivity index (χ1) is 9.47. The summed E-state index contributed by atoms with van der Waals surface area (Å²) in [5.41, 5.74) is 4.35. The van der Waals surface area contributed by atoms with Crippen LogP contribution in [0, 0.1) is 11.6 Å². The molecule has 0 aliphatic carbocycles. The lowest BCUT2D eigenvalue weighted by molar-refractivity contribution is -0.127. The molecule has 1 aromatic rings. The van der Waals surface area contributed by atoms with Gasteiger partial charge in [0.1, 0.15) is 17.4 Å². The van der Waals surface area contributed by atoms with Gasteiger partial charge in [0.15, 0.2) is 5.82 Å². The highest BCUT2D eigenvalue weighted by atomic mass is 19.1. The molecule has 0 aromatic heterocycles. The zero-order chi connectivity index (χ0) is 14.9. The summed E-state index contributed by atoms with van der Waals surface area (Å²) < 4.78 is 27.6. The predicted octanol–water partition coefficient (Wildman–Crippen LogP) is 0.898. The van der Waals surface area contributed by atoms with Crippen molar-refractivity contribution < 1.29 is 18.4 Å². The predicted molar refractivity (Wildman–Crippen MR) is 68.9 cm³/mol. The lowest BCUT2D eigenvalue weighted by Crippen LogP contribution is -2.57. The first kappa shape index (κ1) is 14.2. The quantitative estimate of drug-likeness (QED) is 0.792. The molecule has 108 valence electrons. The monoisotopic (exact) mass is 283 g/mol. The van der Waals surface area contributed by atoms with E-state index in [1.165, 1.54) is 4.90 Å². The molecule has 1 unspecified atom stereocenters. The standard InChI is InChI=1S/C13H15F2N3O2/c1-2-9-12(19)17-5-6-18(9)13(20)10-7(14)3-4-8(16)11(10)15/h3-4,9H,2,5-6,16H2,1H3,(H,17,19). The summed E-state index contributed by atoms with van der Waals surface area (Å²) in [5, 5.41) is 2.61. The molecule has 1 fully saturated rings. The maximum Gasteiger partial charge on any atom is 0.260 e. The molecule has 0 spiro atoms. The van der Waals surface area contributed by atoms with Crippen LogP contribution in [0.3, 0.4) is 0 Å². The SMILES string of the molecule is CCC1C(=O)NCCN1C(=O)c1c(F)ccc(N)c1F.